The van der Waals surface area contributed by atoms with Gasteiger partial charge in [0.2, 0.25) is 5.91 Å². The van der Waals surface area contributed by atoms with Gasteiger partial charge in [0.25, 0.3) is 0 Å². The topological polar surface area (TPSA) is 72.2 Å². The minimum Gasteiger partial charge on any atom is -0.399 e. The number of Topliss-reactive ketones (excluding diaryl/α,β-unsaturated/α-hetero) is 1. The maximum atomic E-state index is 11.2. The fraction of sp³-hybridized carbons (Fsp3) is 0.200. The minimum absolute atomic E-state index is 0. The van der Waals surface area contributed by atoms with Gasteiger partial charge in [-0.3, -0.25) is 9.59 Å². The summed E-state index contributed by atoms with van der Waals surface area (Å²) >= 11 is 0. The molecule has 1 aromatic rings. The number of carbonyl (C=O) groups excluding carboxylic acids is 2. The molecule has 5 heteroatoms. The molecule has 0 fully saturated rings. The van der Waals surface area contributed by atoms with Gasteiger partial charge in [0.15, 0.2) is 0 Å². The number of hydrogen-bond donors (Lipinski definition) is 2. The Bertz CT molecular complexity index is 366. The summed E-state index contributed by atoms with van der Waals surface area (Å²) in [7, 11) is 0. The fourth-order valence-corrected chi connectivity index (χ4v) is 1.05. The van der Waals surface area contributed by atoms with Crippen molar-refractivity contribution >= 4 is 35.5 Å². The lowest BCUT2D eigenvalue weighted by atomic mass is 10.2. The number of nitrogens with one attached hydrogen (secondary N) is 1. The van der Waals surface area contributed by atoms with Gasteiger partial charge < -0.3 is 11.1 Å². The predicted molar refractivity (Wildman–Crippen MR) is 62.0 cm³/mol. The number of nitrogens with two attached hydrogens (primary N) is 1. The van der Waals surface area contributed by atoms with Crippen LogP contribution in [0.15, 0.2) is 24.3 Å². The van der Waals surface area contributed by atoms with Crippen molar-refractivity contribution in [3.63, 3.8) is 0 Å². The van der Waals surface area contributed by atoms with Crippen LogP contribution in [0.3, 0.4) is 0 Å². The molecule has 15 heavy (non-hydrogen) atoms. The van der Waals surface area contributed by atoms with E-state index in [1.807, 2.05) is 0 Å². The lowest BCUT2D eigenvalue weighted by Gasteiger charge is -2.03. The molecule has 1 aromatic carbocycles. The summed E-state index contributed by atoms with van der Waals surface area (Å²) in [6, 6.07) is 6.81. The molecule has 0 saturated heterocycles. The van der Waals surface area contributed by atoms with Crippen molar-refractivity contribution < 1.29 is 9.59 Å². The molecule has 0 bridgehead atoms. The lowest BCUT2D eigenvalue weighted by Crippen LogP contribution is -2.14. The van der Waals surface area contributed by atoms with Crippen LogP contribution < -0.4 is 11.1 Å². The van der Waals surface area contributed by atoms with Crippen LogP contribution in [0.1, 0.15) is 13.3 Å². The van der Waals surface area contributed by atoms with Crippen LogP contribution in [0.25, 0.3) is 0 Å². The van der Waals surface area contributed by atoms with Gasteiger partial charge in [-0.25, -0.2) is 0 Å². The predicted octanol–water partition coefficient (Wildman–Crippen LogP) is 1.61. The quantitative estimate of drug-likeness (QED) is 0.610. The fourth-order valence-electron chi connectivity index (χ4n) is 1.05. The van der Waals surface area contributed by atoms with Crippen LogP contribution >= 0.6 is 12.4 Å². The Morgan fingerprint density at radius 2 is 2.07 bits per heavy atom. The first-order chi connectivity index (χ1) is 6.58. The Morgan fingerprint density at radius 1 is 1.40 bits per heavy atom. The number of anilines is 2. The third kappa shape index (κ3) is 5.02. The molecule has 0 unspecified atom stereocenters. The van der Waals surface area contributed by atoms with Crippen molar-refractivity contribution in [1.29, 1.82) is 0 Å². The number of nitrogen functional groups attached to an aromatic ring is 1. The van der Waals surface area contributed by atoms with E-state index in [1.54, 1.807) is 24.3 Å². The molecule has 0 aliphatic carbocycles. The normalized spacial score (nSPS) is 8.87. The number of rotatable bonds is 3. The number of carbonyl (C=O) groups is 2. The van der Waals surface area contributed by atoms with Crippen molar-refractivity contribution in [3.8, 4) is 0 Å². The molecule has 1 rings (SSSR count). The SMILES string of the molecule is CC(=O)CC(=O)Nc1cccc(N)c1.Cl. The molecule has 0 aromatic heterocycles. The molecule has 0 aliphatic heterocycles. The molecule has 4 nitrogen and oxygen atoms in total. The summed E-state index contributed by atoms with van der Waals surface area (Å²) < 4.78 is 0. The van der Waals surface area contributed by atoms with Gasteiger partial charge in [-0.1, -0.05) is 6.07 Å². The van der Waals surface area contributed by atoms with Gasteiger partial charge >= 0.3 is 0 Å². The highest BCUT2D eigenvalue weighted by Crippen LogP contribution is 2.11. The molecule has 82 valence electrons. The van der Waals surface area contributed by atoms with E-state index in [9.17, 15) is 9.59 Å². The third-order valence-corrected chi connectivity index (χ3v) is 1.58. The highest BCUT2D eigenvalue weighted by Gasteiger charge is 2.04. The van der Waals surface area contributed by atoms with Gasteiger partial charge in [-0.2, -0.15) is 0 Å². The largest absolute Gasteiger partial charge is 0.399 e. The minimum atomic E-state index is -0.317. The standard InChI is InChI=1S/C10H12N2O2.ClH/c1-7(13)5-10(14)12-9-4-2-3-8(11)6-9;/h2-4,6H,5,11H2,1H3,(H,12,14);1H. The molecule has 0 aliphatic rings. The lowest BCUT2D eigenvalue weighted by molar-refractivity contribution is -0.124. The highest BCUT2D eigenvalue weighted by atomic mass is 35.5. The second kappa shape index (κ2) is 6.03. The summed E-state index contributed by atoms with van der Waals surface area (Å²) in [5.41, 5.74) is 6.70. The smallest absolute Gasteiger partial charge is 0.231 e. The number of halogens is 1. The van der Waals surface area contributed by atoms with Crippen LogP contribution in [-0.4, -0.2) is 11.7 Å². The molecule has 0 heterocycles. The summed E-state index contributed by atoms with van der Waals surface area (Å²) in [4.78, 5) is 21.8. The van der Waals surface area contributed by atoms with Crippen molar-refractivity contribution in [2.24, 2.45) is 0 Å². The van der Waals surface area contributed by atoms with Gasteiger partial charge in [0.1, 0.15) is 5.78 Å². The third-order valence-electron chi connectivity index (χ3n) is 1.58. The molecule has 0 radical (unpaired) electrons. The van der Waals surface area contributed by atoms with E-state index in [1.165, 1.54) is 6.92 Å². The van der Waals surface area contributed by atoms with Crippen molar-refractivity contribution in [3.05, 3.63) is 24.3 Å². The molecule has 0 saturated carbocycles. The van der Waals surface area contributed by atoms with Crippen molar-refractivity contribution in [2.45, 2.75) is 13.3 Å². The zero-order valence-corrected chi connectivity index (χ0v) is 9.14. The molecule has 0 spiro atoms. The number of hydrogen-bond acceptors (Lipinski definition) is 3. The molecular formula is C10H13ClN2O2. The van der Waals surface area contributed by atoms with E-state index >= 15 is 0 Å². The number of ketones is 1. The van der Waals surface area contributed by atoms with Gasteiger partial charge in [0.05, 0.1) is 6.42 Å². The zero-order valence-electron chi connectivity index (χ0n) is 8.32. The van der Waals surface area contributed by atoms with Crippen LogP contribution in [0.2, 0.25) is 0 Å². The Balaban J connectivity index is 0.00000196. The van der Waals surface area contributed by atoms with E-state index < -0.39 is 0 Å². The first-order valence-electron chi connectivity index (χ1n) is 4.23. The van der Waals surface area contributed by atoms with Crippen LogP contribution in [-0.2, 0) is 9.59 Å². The second-order valence-electron chi connectivity index (χ2n) is 3.05. The van der Waals surface area contributed by atoms with Crippen LogP contribution in [0.5, 0.6) is 0 Å². The highest BCUT2D eigenvalue weighted by molar-refractivity contribution is 6.03. The first kappa shape index (κ1) is 13.4. The summed E-state index contributed by atoms with van der Waals surface area (Å²) in [6.07, 6.45) is -0.102. The molecule has 0 atom stereocenters. The van der Waals surface area contributed by atoms with E-state index in [4.69, 9.17) is 5.73 Å². The van der Waals surface area contributed by atoms with E-state index in [2.05, 4.69) is 5.32 Å². The molecule has 3 N–H and O–H groups in total. The second-order valence-corrected chi connectivity index (χ2v) is 3.05. The summed E-state index contributed by atoms with van der Waals surface area (Å²) in [6.45, 7) is 1.37. The summed E-state index contributed by atoms with van der Waals surface area (Å²) in [5, 5.41) is 2.57. The molecule has 1 amide bonds. The van der Waals surface area contributed by atoms with Crippen molar-refractivity contribution in [1.82, 2.24) is 0 Å². The van der Waals surface area contributed by atoms with Crippen LogP contribution in [0, 0.1) is 0 Å². The molecular weight excluding hydrogens is 216 g/mol. The Labute approximate surface area is 94.3 Å². The van der Waals surface area contributed by atoms with Gasteiger partial charge in [0, 0.05) is 11.4 Å². The van der Waals surface area contributed by atoms with E-state index in [0.717, 1.165) is 0 Å². The Kier molecular flexibility index (Phi) is 5.41. The Morgan fingerprint density at radius 3 is 2.60 bits per heavy atom. The maximum Gasteiger partial charge on any atom is 0.231 e. The van der Waals surface area contributed by atoms with E-state index in [-0.39, 0.29) is 30.5 Å². The maximum absolute atomic E-state index is 11.2. The average Bonchev–Trinajstić information content (AvgIpc) is 2.01. The van der Waals surface area contributed by atoms with Gasteiger partial charge in [-0.05, 0) is 25.1 Å². The number of benzene rings is 1. The monoisotopic (exact) mass is 228 g/mol. The van der Waals surface area contributed by atoms with E-state index in [0.29, 0.717) is 11.4 Å². The zero-order chi connectivity index (χ0) is 10.6. The van der Waals surface area contributed by atoms with Crippen LogP contribution in [0.4, 0.5) is 11.4 Å². The van der Waals surface area contributed by atoms with Crippen molar-refractivity contribution in [2.75, 3.05) is 11.1 Å². The first-order valence-corrected chi connectivity index (χ1v) is 4.23. The summed E-state index contributed by atoms with van der Waals surface area (Å²) in [5.74, 6) is -0.477. The number of amides is 1. The average molecular weight is 229 g/mol. The van der Waals surface area contributed by atoms with Gasteiger partial charge in [-0.15, -0.1) is 12.4 Å². The Hall–Kier alpha value is -1.55.